The van der Waals surface area contributed by atoms with Gasteiger partial charge < -0.3 is 38.6 Å². The fraction of sp³-hybridized carbons (Fsp3) is 0.192. The molecule has 0 unspecified atom stereocenters. The van der Waals surface area contributed by atoms with E-state index in [9.17, 15) is 5.11 Å². The second kappa shape index (κ2) is 36.4. The van der Waals surface area contributed by atoms with Crippen LogP contribution in [0.5, 0.6) is 11.5 Å². The number of benzene rings is 14. The van der Waals surface area contributed by atoms with Gasteiger partial charge >= 0.3 is 0 Å². The Morgan fingerprint density at radius 3 is 0.819 bits per heavy atom. The highest BCUT2D eigenvalue weighted by Crippen LogP contribution is 2.47. The molecule has 12 nitrogen and oxygen atoms in total. The lowest BCUT2D eigenvalue weighted by Crippen LogP contribution is -2.72. The van der Waals surface area contributed by atoms with Crippen LogP contribution in [0.3, 0.4) is 0 Å². The summed E-state index contributed by atoms with van der Waals surface area (Å²) in [5.74, 6) is 1.39. The predicted molar refractivity (Wildman–Crippen MR) is 459 cm³/mol. The number of ether oxygens (including phenoxy) is 6. The molecule has 1 aliphatic carbocycles. The predicted octanol–water partition coefficient (Wildman–Crippen LogP) is 17.8. The molecule has 0 aromatic heterocycles. The van der Waals surface area contributed by atoms with Gasteiger partial charge in [0.2, 0.25) is 0 Å². The highest BCUT2D eigenvalue weighted by molar-refractivity contribution is 5.55. The zero-order valence-electron chi connectivity index (χ0n) is 65.2. The zero-order chi connectivity index (χ0) is 79.0. The van der Waals surface area contributed by atoms with Gasteiger partial charge in [-0.2, -0.15) is 0 Å². The van der Waals surface area contributed by atoms with Crippen molar-refractivity contribution in [1.82, 2.24) is 21.3 Å². The Morgan fingerprint density at radius 1 is 0.293 bits per heavy atom. The molecule has 16 rings (SSSR count). The Hall–Kier alpha value is -11.7. The second-order valence-electron chi connectivity index (χ2n) is 30.1. The summed E-state index contributed by atoms with van der Waals surface area (Å²) in [6.07, 6.45) is -8.54. The fourth-order valence-corrected chi connectivity index (χ4v) is 17.8. The number of aliphatic hydroxyl groups is 2. The van der Waals surface area contributed by atoms with Crippen molar-refractivity contribution in [3.05, 3.63) is 490 Å². The van der Waals surface area contributed by atoms with Gasteiger partial charge in [0, 0.05) is 18.6 Å². The first-order chi connectivity index (χ1) is 57.2. The van der Waals surface area contributed by atoms with Gasteiger partial charge in [-0.05, 0) is 109 Å². The summed E-state index contributed by atoms with van der Waals surface area (Å²) in [5, 5.41) is 46.8. The fourth-order valence-electron chi connectivity index (χ4n) is 17.8. The van der Waals surface area contributed by atoms with Crippen LogP contribution in [0.25, 0.3) is 0 Å². The second-order valence-corrected chi connectivity index (χ2v) is 30.1. The van der Waals surface area contributed by atoms with Gasteiger partial charge in [-0.3, -0.25) is 21.3 Å². The maximum atomic E-state index is 15.1. The molecular weight excluding hydrogens is 1430 g/mol. The van der Waals surface area contributed by atoms with Crippen LogP contribution in [0.1, 0.15) is 84.3 Å². The van der Waals surface area contributed by atoms with Gasteiger partial charge in [0.15, 0.2) is 6.29 Å². The Morgan fingerprint density at radius 2 is 0.543 bits per heavy atom. The molecule has 0 spiro atoms. The maximum absolute atomic E-state index is 15.1. The third kappa shape index (κ3) is 16.1. The molecule has 1 aliphatic heterocycles. The number of aliphatic hydroxyl groups excluding tert-OH is 2. The molecule has 2 fully saturated rings. The summed E-state index contributed by atoms with van der Waals surface area (Å²) in [7, 11) is 3.32. The minimum absolute atomic E-state index is 0.0458. The summed E-state index contributed by atoms with van der Waals surface area (Å²) < 4.78 is 43.2. The van der Waals surface area contributed by atoms with Crippen molar-refractivity contribution in [2.45, 2.75) is 103 Å². The van der Waals surface area contributed by atoms with Gasteiger partial charge in [0.05, 0.1) is 55.6 Å². The molecule has 2 aliphatic rings. The summed E-state index contributed by atoms with van der Waals surface area (Å²) in [4.78, 5) is 0. The van der Waals surface area contributed by atoms with E-state index in [1.807, 2.05) is 121 Å². The zero-order valence-corrected chi connectivity index (χ0v) is 65.2. The van der Waals surface area contributed by atoms with E-state index in [4.69, 9.17) is 28.4 Å². The lowest BCUT2D eigenvalue weighted by atomic mass is 9.72. The van der Waals surface area contributed by atoms with Crippen LogP contribution in [-0.4, -0.2) is 92.0 Å². The van der Waals surface area contributed by atoms with Crippen molar-refractivity contribution in [3.8, 4) is 11.5 Å². The molecule has 0 bridgehead atoms. The van der Waals surface area contributed by atoms with Crippen molar-refractivity contribution >= 4 is 0 Å². The molecule has 1 saturated heterocycles. The molecule has 0 radical (unpaired) electrons. The first-order valence-corrected chi connectivity index (χ1v) is 40.1. The number of hydrogen-bond donors (Lipinski definition) is 6. The van der Waals surface area contributed by atoms with Crippen molar-refractivity contribution in [2.75, 3.05) is 20.8 Å². The molecule has 116 heavy (non-hydrogen) atoms. The van der Waals surface area contributed by atoms with Crippen molar-refractivity contribution < 1.29 is 38.6 Å². The number of nitrogens with one attached hydrogen (secondary N) is 4. The van der Waals surface area contributed by atoms with Gasteiger partial charge in [-0.1, -0.05) is 388 Å². The monoisotopic (exact) mass is 1530 g/mol. The lowest BCUT2D eigenvalue weighted by molar-refractivity contribution is -0.304. The molecule has 1 heterocycles. The average Bonchev–Trinajstić information content (AvgIpc) is 0.740. The van der Waals surface area contributed by atoms with Gasteiger partial charge in [-0.25, -0.2) is 0 Å². The molecule has 14 aromatic carbocycles. The van der Waals surface area contributed by atoms with Crippen molar-refractivity contribution in [1.29, 1.82) is 0 Å². The smallest absolute Gasteiger partial charge is 0.176 e. The Labute approximate surface area is 681 Å². The van der Waals surface area contributed by atoms with Gasteiger partial charge in [0.25, 0.3) is 0 Å². The van der Waals surface area contributed by atoms with Gasteiger partial charge in [0.1, 0.15) is 48.1 Å². The van der Waals surface area contributed by atoms with E-state index in [-0.39, 0.29) is 26.2 Å². The van der Waals surface area contributed by atoms with E-state index in [0.29, 0.717) is 11.5 Å². The highest BCUT2D eigenvalue weighted by Gasteiger charge is 2.57. The van der Waals surface area contributed by atoms with Crippen LogP contribution < -0.4 is 30.7 Å². The molecule has 14 aromatic rings. The summed E-state index contributed by atoms with van der Waals surface area (Å²) in [5.41, 5.74) is 8.65. The number of rotatable bonds is 31. The number of methoxy groups -OCH3 is 2. The largest absolute Gasteiger partial charge is 0.497 e. The first kappa shape index (κ1) is 78.2. The van der Waals surface area contributed by atoms with Crippen molar-refractivity contribution in [2.24, 2.45) is 0 Å². The highest BCUT2D eigenvalue weighted by atomic mass is 16.7. The van der Waals surface area contributed by atoms with Crippen LogP contribution in [0.2, 0.25) is 0 Å². The van der Waals surface area contributed by atoms with Crippen LogP contribution in [0.4, 0.5) is 0 Å². The third-order valence-electron chi connectivity index (χ3n) is 23.4. The molecule has 12 heteroatoms. The SMILES string of the molecule is COc1ccc(CO[C@@H]2[C@@H](O)[C@H](O[C@H]3O[C@H](CNC(c4ccccc4)(c4ccccc4)c4ccccc4)[C@@H](O)[C@H](OCc4ccc(OC)cc4)[C@H]3NC(c3ccccc3)(c3ccccc3)c3ccccc3)[C@@H](NC(c3ccccc3)(c3ccccc3)c3ccccc3)C[C@H]2NC(c2ccccc2)(c2ccccc2)c2ccccc2)cc1. The topological polar surface area (TPSA) is 144 Å². The third-order valence-corrected chi connectivity index (χ3v) is 23.4. The molecule has 6 N–H and O–H groups in total. The van der Waals surface area contributed by atoms with E-state index >= 15 is 5.11 Å². The molecule has 582 valence electrons. The van der Waals surface area contributed by atoms with Crippen LogP contribution in [0.15, 0.2) is 413 Å². The van der Waals surface area contributed by atoms with E-state index in [1.54, 1.807) is 14.2 Å². The Balaban J connectivity index is 0.939. The number of hydrogen-bond acceptors (Lipinski definition) is 12. The van der Waals surface area contributed by atoms with Gasteiger partial charge in [-0.15, -0.1) is 0 Å². The first-order valence-electron chi connectivity index (χ1n) is 40.1. The summed E-state index contributed by atoms with van der Waals surface area (Å²) in [6.45, 7) is 0.194. The van der Waals surface area contributed by atoms with Crippen molar-refractivity contribution in [3.63, 3.8) is 0 Å². The lowest BCUT2D eigenvalue weighted by Gasteiger charge is -2.54. The normalized spacial score (nSPS) is 19.8. The maximum Gasteiger partial charge on any atom is 0.176 e. The Kier molecular flexibility index (Phi) is 24.5. The summed E-state index contributed by atoms with van der Waals surface area (Å²) >= 11 is 0. The van der Waals surface area contributed by atoms with Crippen LogP contribution in [-0.2, 0) is 54.3 Å². The standard InChI is InChI=1S/C104H98N4O8/c1-111-89-67-63-75(64-68-89)73-113-97-91(106-102(80-45-21-6-22-46-80,81-47-23-7-24-48-81)82-49-25-8-26-50-82)71-92(107-103(83-51-27-9-28-52-83,84-53-29-10-30-54-84)85-55-31-11-32-56-85)98(96(97)110)116-100-94(108-104(86-57-33-12-34-58-86,87-59-35-13-36-60-87)88-61-37-14-38-62-88)99(114-74-76-65-69-90(112-2)70-66-76)95(109)93(115-100)72-105-101(77-39-15-3-16-40-77,78-41-17-4-18-42-78)79-43-19-5-20-44-79/h3-70,91-100,105-110H,71-74H2,1-2H3/t91-,92+,93-,94-,95-,96-,97+,98-,99-,100-/m1/s1. The molecule has 10 atom stereocenters. The van der Waals surface area contributed by atoms with E-state index in [2.05, 4.69) is 312 Å². The van der Waals surface area contributed by atoms with E-state index in [0.717, 1.165) is 77.9 Å². The molecular formula is C104H98N4O8. The minimum Gasteiger partial charge on any atom is -0.497 e. The van der Waals surface area contributed by atoms with E-state index in [1.165, 1.54) is 0 Å². The Bertz CT molecular complexity index is 4910. The average molecular weight is 1530 g/mol. The molecule has 0 amide bonds. The van der Waals surface area contributed by atoms with Crippen LogP contribution >= 0.6 is 0 Å². The molecule has 1 saturated carbocycles. The van der Waals surface area contributed by atoms with Crippen LogP contribution in [0, 0.1) is 0 Å². The van der Waals surface area contributed by atoms with E-state index < -0.39 is 83.2 Å². The minimum atomic E-state index is -1.49. The summed E-state index contributed by atoms with van der Waals surface area (Å²) in [6, 6.07) is 139. The quantitative estimate of drug-likeness (QED) is 0.0230.